The summed E-state index contributed by atoms with van der Waals surface area (Å²) < 4.78 is 2.41. The Kier molecular flexibility index (Phi) is 6.54. The van der Waals surface area contributed by atoms with Crippen molar-refractivity contribution in [2.75, 3.05) is 0 Å². The maximum atomic E-state index is 5.04. The Morgan fingerprint density at radius 3 is 1.83 bits per heavy atom. The van der Waals surface area contributed by atoms with E-state index in [0.29, 0.717) is 17.5 Å². The average molecular weight is 621 g/mol. The Balaban J connectivity index is 1.20. The third-order valence-corrected chi connectivity index (χ3v) is 9.43. The predicted octanol–water partition coefficient (Wildman–Crippen LogP) is 9.91. The fraction of sp³-hybridized carbons (Fsp3) is 0. The van der Waals surface area contributed by atoms with Gasteiger partial charge < -0.3 is 0 Å². The van der Waals surface area contributed by atoms with Gasteiger partial charge in [0.2, 0.25) is 0 Å². The Morgan fingerprint density at radius 2 is 1.06 bits per heavy atom. The van der Waals surface area contributed by atoms with Gasteiger partial charge in [-0.15, -0.1) is 11.3 Å². The molecule has 0 aliphatic heterocycles. The topological polar surface area (TPSA) is 77.3 Å². The van der Waals surface area contributed by atoms with Gasteiger partial charge in [-0.25, -0.2) is 15.0 Å². The second kappa shape index (κ2) is 11.3. The van der Waals surface area contributed by atoms with Crippen LogP contribution in [0, 0.1) is 0 Å². The van der Waals surface area contributed by atoms with Crippen LogP contribution in [0.3, 0.4) is 0 Å². The molecular weight excluding hydrogens is 597 g/mol. The van der Waals surface area contributed by atoms with Gasteiger partial charge in [0, 0.05) is 66.4 Å². The SMILES string of the molecule is c1ccc(-c2nc(-c3ccccc3)nc(-c3cccc(-c4cnc(-c5nccc6sc7ccccc7c56)c5ncccc45)c3)n2)cc1. The summed E-state index contributed by atoms with van der Waals surface area (Å²) in [5.41, 5.74) is 7.14. The number of pyridine rings is 3. The lowest BCUT2D eigenvalue weighted by Crippen LogP contribution is -2.00. The van der Waals surface area contributed by atoms with Crippen LogP contribution in [0.5, 0.6) is 0 Å². The third-order valence-electron chi connectivity index (χ3n) is 8.29. The molecule has 0 N–H and O–H groups in total. The van der Waals surface area contributed by atoms with E-state index >= 15 is 0 Å². The van der Waals surface area contributed by atoms with Crippen molar-refractivity contribution in [1.29, 1.82) is 0 Å². The van der Waals surface area contributed by atoms with E-state index in [2.05, 4.69) is 48.5 Å². The van der Waals surface area contributed by atoms with Crippen LogP contribution in [-0.4, -0.2) is 29.9 Å². The quantitative estimate of drug-likeness (QED) is 0.191. The highest BCUT2D eigenvalue weighted by Gasteiger charge is 2.19. The molecule has 7 heteroatoms. The van der Waals surface area contributed by atoms with E-state index in [1.807, 2.05) is 97.5 Å². The van der Waals surface area contributed by atoms with Crippen LogP contribution >= 0.6 is 11.3 Å². The predicted molar refractivity (Wildman–Crippen MR) is 191 cm³/mol. The molecule has 6 nitrogen and oxygen atoms in total. The second-order valence-electron chi connectivity index (χ2n) is 11.2. The summed E-state index contributed by atoms with van der Waals surface area (Å²) in [6.45, 7) is 0. The largest absolute Gasteiger partial charge is 0.254 e. The van der Waals surface area contributed by atoms with Crippen LogP contribution < -0.4 is 0 Å². The fourth-order valence-electron chi connectivity index (χ4n) is 6.09. The second-order valence-corrected chi connectivity index (χ2v) is 12.3. The summed E-state index contributed by atoms with van der Waals surface area (Å²) in [4.78, 5) is 29.5. The molecule has 0 amide bonds. The van der Waals surface area contributed by atoms with Crippen LogP contribution in [0.15, 0.2) is 146 Å². The lowest BCUT2D eigenvalue weighted by Gasteiger charge is -2.12. The monoisotopic (exact) mass is 620 g/mol. The van der Waals surface area contributed by atoms with Crippen LogP contribution in [0.4, 0.5) is 0 Å². The zero-order chi connectivity index (χ0) is 31.2. The van der Waals surface area contributed by atoms with Crippen LogP contribution in [0.2, 0.25) is 0 Å². The molecule has 220 valence electrons. The van der Waals surface area contributed by atoms with Gasteiger partial charge in [-0.3, -0.25) is 15.0 Å². The molecule has 0 fully saturated rings. The minimum atomic E-state index is 0.603. The molecule has 0 radical (unpaired) electrons. The van der Waals surface area contributed by atoms with Gasteiger partial charge in [0.1, 0.15) is 11.4 Å². The van der Waals surface area contributed by atoms with Crippen LogP contribution in [0.25, 0.3) is 87.8 Å². The number of aromatic nitrogens is 6. The first-order chi connectivity index (χ1) is 23.3. The van der Waals surface area contributed by atoms with E-state index in [1.54, 1.807) is 11.3 Å². The molecule has 5 aromatic heterocycles. The van der Waals surface area contributed by atoms with E-state index in [-0.39, 0.29) is 0 Å². The van der Waals surface area contributed by atoms with Crippen molar-refractivity contribution in [3.63, 3.8) is 0 Å². The summed E-state index contributed by atoms with van der Waals surface area (Å²) in [7, 11) is 0. The van der Waals surface area contributed by atoms with Gasteiger partial charge in [0.15, 0.2) is 17.5 Å². The highest BCUT2D eigenvalue weighted by molar-refractivity contribution is 7.25. The molecule has 0 aliphatic carbocycles. The first kappa shape index (κ1) is 27.2. The maximum absolute atomic E-state index is 5.04. The summed E-state index contributed by atoms with van der Waals surface area (Å²) in [5.74, 6) is 1.86. The molecule has 5 heterocycles. The Bertz CT molecular complexity index is 2520. The number of fused-ring (bicyclic) bond motifs is 4. The summed E-state index contributed by atoms with van der Waals surface area (Å²) in [5, 5.41) is 3.29. The number of hydrogen-bond donors (Lipinski definition) is 0. The van der Waals surface area contributed by atoms with Crippen molar-refractivity contribution in [1.82, 2.24) is 29.9 Å². The van der Waals surface area contributed by atoms with Crippen molar-refractivity contribution in [3.8, 4) is 56.7 Å². The minimum Gasteiger partial charge on any atom is -0.254 e. The Hall–Kier alpha value is -6.18. The molecule has 0 saturated heterocycles. The van der Waals surface area contributed by atoms with Crippen molar-refractivity contribution in [2.24, 2.45) is 0 Å². The molecule has 0 bridgehead atoms. The molecular formula is C40H24N6S. The number of hydrogen-bond acceptors (Lipinski definition) is 7. The van der Waals surface area contributed by atoms with Gasteiger partial charge in [-0.05, 0) is 29.8 Å². The number of benzene rings is 4. The van der Waals surface area contributed by atoms with Gasteiger partial charge in [-0.2, -0.15) is 0 Å². The van der Waals surface area contributed by atoms with Gasteiger partial charge in [-0.1, -0.05) is 103 Å². The Labute approximate surface area is 274 Å². The molecule has 9 rings (SSSR count). The first-order valence-electron chi connectivity index (χ1n) is 15.3. The Morgan fingerprint density at radius 1 is 0.426 bits per heavy atom. The molecule has 47 heavy (non-hydrogen) atoms. The maximum Gasteiger partial charge on any atom is 0.164 e. The zero-order valence-electron chi connectivity index (χ0n) is 24.9. The number of nitrogens with zero attached hydrogens (tertiary/aromatic N) is 6. The minimum absolute atomic E-state index is 0.603. The molecule has 0 spiro atoms. The standard InChI is InChI=1S/C40H24N6S/c1-3-11-25(12-4-1)38-44-39(26-13-5-2-6-14-26)46-40(45-38)28-16-9-15-27(23-28)31-24-43-37(35-29(31)18-10-21-41-35)36-34-30-17-7-8-19-32(30)47-33(34)20-22-42-36/h1-24H. The highest BCUT2D eigenvalue weighted by atomic mass is 32.1. The smallest absolute Gasteiger partial charge is 0.164 e. The summed E-state index contributed by atoms with van der Waals surface area (Å²) >= 11 is 1.77. The molecule has 0 unspecified atom stereocenters. The van der Waals surface area contributed by atoms with Crippen LogP contribution in [0.1, 0.15) is 0 Å². The van der Waals surface area contributed by atoms with Gasteiger partial charge in [0.05, 0.1) is 5.52 Å². The van der Waals surface area contributed by atoms with E-state index in [0.717, 1.165) is 55.5 Å². The average Bonchev–Trinajstić information content (AvgIpc) is 3.54. The van der Waals surface area contributed by atoms with E-state index in [4.69, 9.17) is 29.9 Å². The van der Waals surface area contributed by atoms with E-state index < -0.39 is 0 Å². The van der Waals surface area contributed by atoms with E-state index in [1.165, 1.54) is 14.8 Å². The number of thiophene rings is 1. The summed E-state index contributed by atoms with van der Waals surface area (Å²) in [6, 6.07) is 42.9. The van der Waals surface area contributed by atoms with Crippen molar-refractivity contribution >= 4 is 42.4 Å². The summed E-state index contributed by atoms with van der Waals surface area (Å²) in [6.07, 6.45) is 5.62. The molecule has 9 aromatic rings. The highest BCUT2D eigenvalue weighted by Crippen LogP contribution is 2.41. The lowest BCUT2D eigenvalue weighted by atomic mass is 9.98. The first-order valence-corrected chi connectivity index (χ1v) is 16.1. The molecule has 0 saturated carbocycles. The molecule has 0 atom stereocenters. The van der Waals surface area contributed by atoms with E-state index in [9.17, 15) is 0 Å². The van der Waals surface area contributed by atoms with Gasteiger partial charge in [0.25, 0.3) is 0 Å². The van der Waals surface area contributed by atoms with Crippen molar-refractivity contribution in [2.45, 2.75) is 0 Å². The molecule has 0 aliphatic rings. The molecule has 4 aromatic carbocycles. The zero-order valence-corrected chi connectivity index (χ0v) is 25.8. The number of rotatable bonds is 5. The lowest BCUT2D eigenvalue weighted by molar-refractivity contribution is 1.07. The normalized spacial score (nSPS) is 11.4. The van der Waals surface area contributed by atoms with Crippen LogP contribution in [-0.2, 0) is 0 Å². The van der Waals surface area contributed by atoms with Crippen molar-refractivity contribution in [3.05, 3.63) is 146 Å². The van der Waals surface area contributed by atoms with Gasteiger partial charge >= 0.3 is 0 Å². The third kappa shape index (κ3) is 4.81. The van der Waals surface area contributed by atoms with Crippen molar-refractivity contribution < 1.29 is 0 Å². The fourth-order valence-corrected chi connectivity index (χ4v) is 7.19.